The van der Waals surface area contributed by atoms with Crippen LogP contribution in [0.15, 0.2) is 10.7 Å². The second-order valence-corrected chi connectivity index (χ2v) is 4.36. The fourth-order valence-electron chi connectivity index (χ4n) is 2.24. The van der Waals surface area contributed by atoms with E-state index in [4.69, 9.17) is 9.52 Å². The lowest BCUT2D eigenvalue weighted by molar-refractivity contribution is 0.208. The van der Waals surface area contributed by atoms with Crippen molar-refractivity contribution in [2.75, 3.05) is 26.2 Å². The second-order valence-electron chi connectivity index (χ2n) is 4.36. The molecule has 0 aliphatic carbocycles. The molecule has 0 bridgehead atoms. The van der Waals surface area contributed by atoms with Crippen LogP contribution in [0.25, 0.3) is 0 Å². The van der Waals surface area contributed by atoms with Crippen LogP contribution in [0.5, 0.6) is 0 Å². The molecule has 0 spiro atoms. The molecule has 0 saturated carbocycles. The van der Waals surface area contributed by atoms with Crippen LogP contribution in [0.1, 0.15) is 37.3 Å². The SMILES string of the molecule is CCN1CCC(c2nc(CCO)co2)CC1. The number of aliphatic hydroxyl groups is 1. The number of nitrogens with zero attached hydrogens (tertiary/aromatic N) is 2. The van der Waals surface area contributed by atoms with Gasteiger partial charge in [-0.25, -0.2) is 4.98 Å². The van der Waals surface area contributed by atoms with Gasteiger partial charge in [-0.1, -0.05) is 6.92 Å². The molecule has 1 aliphatic rings. The maximum atomic E-state index is 8.82. The average Bonchev–Trinajstić information content (AvgIpc) is 2.78. The third-order valence-corrected chi connectivity index (χ3v) is 3.32. The number of oxazole rings is 1. The van der Waals surface area contributed by atoms with E-state index in [-0.39, 0.29) is 6.61 Å². The molecule has 2 heterocycles. The Labute approximate surface area is 96.3 Å². The van der Waals surface area contributed by atoms with E-state index in [0.29, 0.717) is 12.3 Å². The number of likely N-dealkylation sites (tertiary alicyclic amines) is 1. The summed E-state index contributed by atoms with van der Waals surface area (Å²) >= 11 is 0. The first-order valence-electron chi connectivity index (χ1n) is 6.11. The number of aliphatic hydroxyl groups excluding tert-OH is 1. The molecule has 90 valence electrons. The van der Waals surface area contributed by atoms with E-state index in [1.54, 1.807) is 6.26 Å². The van der Waals surface area contributed by atoms with Gasteiger partial charge in [0.25, 0.3) is 0 Å². The van der Waals surface area contributed by atoms with Crippen molar-refractivity contribution in [1.82, 2.24) is 9.88 Å². The lowest BCUT2D eigenvalue weighted by atomic mass is 9.97. The summed E-state index contributed by atoms with van der Waals surface area (Å²) in [5, 5.41) is 8.82. The zero-order valence-corrected chi connectivity index (χ0v) is 9.85. The van der Waals surface area contributed by atoms with Gasteiger partial charge in [-0.3, -0.25) is 0 Å². The third-order valence-electron chi connectivity index (χ3n) is 3.32. The van der Waals surface area contributed by atoms with Crippen molar-refractivity contribution in [3.63, 3.8) is 0 Å². The van der Waals surface area contributed by atoms with Crippen molar-refractivity contribution in [2.24, 2.45) is 0 Å². The number of piperidine rings is 1. The largest absolute Gasteiger partial charge is 0.448 e. The molecular weight excluding hydrogens is 204 g/mol. The minimum atomic E-state index is 0.139. The number of rotatable bonds is 4. The summed E-state index contributed by atoms with van der Waals surface area (Å²) in [5.41, 5.74) is 0.871. The lowest BCUT2D eigenvalue weighted by Gasteiger charge is -2.29. The van der Waals surface area contributed by atoms with Crippen molar-refractivity contribution in [2.45, 2.75) is 32.1 Å². The molecule has 0 unspecified atom stereocenters. The zero-order chi connectivity index (χ0) is 11.4. The summed E-state index contributed by atoms with van der Waals surface area (Å²) in [6.45, 7) is 5.75. The predicted molar refractivity (Wildman–Crippen MR) is 61.4 cm³/mol. The highest BCUT2D eigenvalue weighted by atomic mass is 16.3. The summed E-state index contributed by atoms with van der Waals surface area (Å²) in [6.07, 6.45) is 4.54. The summed E-state index contributed by atoms with van der Waals surface area (Å²) in [7, 11) is 0. The molecule has 1 N–H and O–H groups in total. The highest BCUT2D eigenvalue weighted by Crippen LogP contribution is 2.27. The first-order chi connectivity index (χ1) is 7.83. The fraction of sp³-hybridized carbons (Fsp3) is 0.750. The first kappa shape index (κ1) is 11.6. The van der Waals surface area contributed by atoms with Gasteiger partial charge < -0.3 is 14.4 Å². The van der Waals surface area contributed by atoms with Crippen LogP contribution in [0.3, 0.4) is 0 Å². The van der Waals surface area contributed by atoms with Crippen LogP contribution in [-0.2, 0) is 6.42 Å². The minimum absolute atomic E-state index is 0.139. The molecule has 1 saturated heterocycles. The van der Waals surface area contributed by atoms with Crippen molar-refractivity contribution in [1.29, 1.82) is 0 Å². The Morgan fingerprint density at radius 2 is 2.25 bits per heavy atom. The second kappa shape index (κ2) is 5.46. The summed E-state index contributed by atoms with van der Waals surface area (Å²) < 4.78 is 5.48. The maximum Gasteiger partial charge on any atom is 0.197 e. The van der Waals surface area contributed by atoms with E-state index in [1.807, 2.05) is 0 Å². The van der Waals surface area contributed by atoms with Crippen molar-refractivity contribution < 1.29 is 9.52 Å². The van der Waals surface area contributed by atoms with Crippen LogP contribution in [0.4, 0.5) is 0 Å². The smallest absolute Gasteiger partial charge is 0.197 e. The van der Waals surface area contributed by atoms with Gasteiger partial charge in [-0.2, -0.15) is 0 Å². The van der Waals surface area contributed by atoms with Crippen molar-refractivity contribution in [3.05, 3.63) is 17.8 Å². The van der Waals surface area contributed by atoms with E-state index in [9.17, 15) is 0 Å². The van der Waals surface area contributed by atoms with E-state index < -0.39 is 0 Å². The third kappa shape index (κ3) is 2.62. The predicted octanol–water partition coefficient (Wildman–Crippen LogP) is 1.41. The molecule has 1 aromatic heterocycles. The average molecular weight is 224 g/mol. The van der Waals surface area contributed by atoms with Crippen LogP contribution in [0.2, 0.25) is 0 Å². The Hall–Kier alpha value is -0.870. The summed E-state index contributed by atoms with van der Waals surface area (Å²) in [6, 6.07) is 0. The van der Waals surface area contributed by atoms with E-state index in [2.05, 4.69) is 16.8 Å². The molecule has 16 heavy (non-hydrogen) atoms. The lowest BCUT2D eigenvalue weighted by Crippen LogP contribution is -2.32. The van der Waals surface area contributed by atoms with Crippen LogP contribution in [0, 0.1) is 0 Å². The Balaban J connectivity index is 1.92. The summed E-state index contributed by atoms with van der Waals surface area (Å²) in [5.74, 6) is 1.33. The standard InChI is InChI=1S/C12H20N2O2/c1-2-14-6-3-10(4-7-14)12-13-11(5-8-15)9-16-12/h9-10,15H,2-8H2,1H3. The van der Waals surface area contributed by atoms with E-state index >= 15 is 0 Å². The minimum Gasteiger partial charge on any atom is -0.448 e. The zero-order valence-electron chi connectivity index (χ0n) is 9.85. The Morgan fingerprint density at radius 3 is 2.88 bits per heavy atom. The molecule has 4 nitrogen and oxygen atoms in total. The van der Waals surface area contributed by atoms with Crippen molar-refractivity contribution in [3.8, 4) is 0 Å². The maximum absolute atomic E-state index is 8.82. The molecular formula is C12H20N2O2. The van der Waals surface area contributed by atoms with Gasteiger partial charge in [-0.05, 0) is 32.5 Å². The highest BCUT2D eigenvalue weighted by Gasteiger charge is 2.23. The number of hydrogen-bond donors (Lipinski definition) is 1. The van der Waals surface area contributed by atoms with E-state index in [0.717, 1.165) is 44.1 Å². The molecule has 1 aliphatic heterocycles. The molecule has 1 fully saturated rings. The van der Waals surface area contributed by atoms with Gasteiger partial charge in [0.05, 0.1) is 5.69 Å². The van der Waals surface area contributed by atoms with Crippen LogP contribution < -0.4 is 0 Å². The van der Waals surface area contributed by atoms with Crippen molar-refractivity contribution >= 4 is 0 Å². The van der Waals surface area contributed by atoms with Crippen LogP contribution in [-0.4, -0.2) is 41.2 Å². The molecule has 0 amide bonds. The van der Waals surface area contributed by atoms with Gasteiger partial charge in [0.1, 0.15) is 6.26 Å². The Bertz CT molecular complexity index is 317. The van der Waals surface area contributed by atoms with Gasteiger partial charge in [-0.15, -0.1) is 0 Å². The summed E-state index contributed by atoms with van der Waals surface area (Å²) in [4.78, 5) is 6.88. The molecule has 4 heteroatoms. The first-order valence-corrected chi connectivity index (χ1v) is 6.11. The molecule has 1 aromatic rings. The van der Waals surface area contributed by atoms with Crippen LogP contribution >= 0.6 is 0 Å². The monoisotopic (exact) mass is 224 g/mol. The Kier molecular flexibility index (Phi) is 3.96. The highest BCUT2D eigenvalue weighted by molar-refractivity contribution is 5.02. The fourth-order valence-corrected chi connectivity index (χ4v) is 2.24. The van der Waals surface area contributed by atoms with Gasteiger partial charge >= 0.3 is 0 Å². The normalized spacial score (nSPS) is 19.1. The number of hydrogen-bond acceptors (Lipinski definition) is 4. The van der Waals surface area contributed by atoms with E-state index in [1.165, 1.54) is 0 Å². The van der Waals surface area contributed by atoms with Gasteiger partial charge in [0, 0.05) is 18.9 Å². The molecule has 2 rings (SSSR count). The molecule has 0 atom stereocenters. The molecule has 0 radical (unpaired) electrons. The van der Waals surface area contributed by atoms with Gasteiger partial charge in [0.2, 0.25) is 0 Å². The molecule has 0 aromatic carbocycles. The number of aromatic nitrogens is 1. The quantitative estimate of drug-likeness (QED) is 0.840. The Morgan fingerprint density at radius 1 is 1.50 bits per heavy atom. The van der Waals surface area contributed by atoms with Gasteiger partial charge in [0.15, 0.2) is 5.89 Å². The topological polar surface area (TPSA) is 49.5 Å².